The highest BCUT2D eigenvalue weighted by atomic mass is 16.5. The van der Waals surface area contributed by atoms with Crippen LogP contribution in [0.25, 0.3) is 61.2 Å². The number of hydrogen-bond donors (Lipinski definition) is 0. The average molecular weight is 673 g/mol. The van der Waals surface area contributed by atoms with Gasteiger partial charge < -0.3 is 4.74 Å². The Morgan fingerprint density at radius 1 is 0.462 bits per heavy atom. The van der Waals surface area contributed by atoms with Crippen LogP contribution in [0, 0.1) is 6.92 Å². The molecule has 0 aliphatic heterocycles. The lowest BCUT2D eigenvalue weighted by molar-refractivity contribution is 0.112. The zero-order valence-electron chi connectivity index (χ0n) is 29.7. The summed E-state index contributed by atoms with van der Waals surface area (Å²) in [5.74, 6) is 1.23. The maximum atomic E-state index is 12.5. The van der Waals surface area contributed by atoms with E-state index in [0.29, 0.717) is 17.1 Å². The Labute approximate surface area is 307 Å². The number of ether oxygens (including phenoxy) is 1. The zero-order chi connectivity index (χ0) is 35.9. The van der Waals surface area contributed by atoms with Crippen LogP contribution in [0.2, 0.25) is 0 Å². The van der Waals surface area contributed by atoms with Crippen molar-refractivity contribution in [2.24, 2.45) is 0 Å². The van der Waals surface area contributed by atoms with Gasteiger partial charge in [0.15, 0.2) is 6.29 Å². The highest BCUT2D eigenvalue weighted by Gasteiger charge is 2.14. The van der Waals surface area contributed by atoms with Crippen molar-refractivity contribution in [2.75, 3.05) is 0 Å². The second-order valence-electron chi connectivity index (χ2n) is 12.9. The topological polar surface area (TPSA) is 26.3 Å². The van der Waals surface area contributed by atoms with Gasteiger partial charge in [-0.15, -0.1) is 0 Å². The summed E-state index contributed by atoms with van der Waals surface area (Å²) in [5, 5.41) is 0. The van der Waals surface area contributed by atoms with Gasteiger partial charge in [-0.25, -0.2) is 0 Å². The SMILES string of the molecule is C/C=C\C(=C/C)c1cc(-c2ccccc2)cc(-c2ccc(Oc3ccc(-c4cc(-c5ccccc5)cc(-c5ccccc5)c4)cc3C)c(C=O)c2)c1. The van der Waals surface area contributed by atoms with E-state index in [1.807, 2.05) is 56.3 Å². The Kier molecular flexibility index (Phi) is 10.2. The van der Waals surface area contributed by atoms with Gasteiger partial charge in [0.25, 0.3) is 0 Å². The van der Waals surface area contributed by atoms with Gasteiger partial charge in [-0.1, -0.05) is 121 Å². The summed E-state index contributed by atoms with van der Waals surface area (Å²) >= 11 is 0. The van der Waals surface area contributed by atoms with E-state index in [9.17, 15) is 4.79 Å². The maximum absolute atomic E-state index is 12.5. The van der Waals surface area contributed by atoms with Crippen molar-refractivity contribution in [1.82, 2.24) is 0 Å². The molecule has 52 heavy (non-hydrogen) atoms. The molecule has 0 amide bonds. The van der Waals surface area contributed by atoms with E-state index < -0.39 is 0 Å². The smallest absolute Gasteiger partial charge is 0.153 e. The van der Waals surface area contributed by atoms with Crippen molar-refractivity contribution in [3.63, 3.8) is 0 Å². The quantitative estimate of drug-likeness (QED) is 0.107. The second kappa shape index (κ2) is 15.6. The van der Waals surface area contributed by atoms with E-state index in [1.54, 1.807) is 0 Å². The van der Waals surface area contributed by atoms with Gasteiger partial charge >= 0.3 is 0 Å². The number of hydrogen-bond acceptors (Lipinski definition) is 2. The van der Waals surface area contributed by atoms with E-state index in [0.717, 1.165) is 67.5 Å². The lowest BCUT2D eigenvalue weighted by Gasteiger charge is -2.15. The molecule has 7 aromatic carbocycles. The van der Waals surface area contributed by atoms with Crippen LogP contribution in [0.4, 0.5) is 0 Å². The number of aldehydes is 1. The Balaban J connectivity index is 1.22. The highest BCUT2D eigenvalue weighted by molar-refractivity contribution is 5.87. The number of aryl methyl sites for hydroxylation is 1. The number of allylic oxidation sites excluding steroid dienone is 4. The lowest BCUT2D eigenvalue weighted by Crippen LogP contribution is -1.95. The molecular weight excluding hydrogens is 633 g/mol. The summed E-state index contributed by atoms with van der Waals surface area (Å²) in [6, 6.07) is 56.8. The number of benzene rings is 7. The maximum Gasteiger partial charge on any atom is 0.153 e. The molecule has 0 saturated carbocycles. The molecule has 0 aromatic heterocycles. The van der Waals surface area contributed by atoms with Gasteiger partial charge in [0.05, 0.1) is 5.56 Å². The third kappa shape index (κ3) is 7.47. The first-order chi connectivity index (χ1) is 25.5. The molecule has 0 radical (unpaired) electrons. The van der Waals surface area contributed by atoms with Gasteiger partial charge in [0, 0.05) is 0 Å². The molecule has 0 fully saturated rings. The van der Waals surface area contributed by atoms with Crippen LogP contribution in [0.5, 0.6) is 11.5 Å². The lowest BCUT2D eigenvalue weighted by atomic mass is 9.92. The number of carbonyl (C=O) groups excluding carboxylic acids is 1. The first-order valence-electron chi connectivity index (χ1n) is 17.7. The van der Waals surface area contributed by atoms with Crippen LogP contribution in [0.3, 0.4) is 0 Å². The summed E-state index contributed by atoms with van der Waals surface area (Å²) in [6.07, 6.45) is 7.18. The predicted molar refractivity (Wildman–Crippen MR) is 219 cm³/mol. The van der Waals surface area contributed by atoms with Crippen molar-refractivity contribution in [3.05, 3.63) is 199 Å². The zero-order valence-corrected chi connectivity index (χ0v) is 29.7. The molecule has 0 aliphatic carbocycles. The van der Waals surface area contributed by atoms with E-state index in [-0.39, 0.29) is 0 Å². The monoisotopic (exact) mass is 672 g/mol. The van der Waals surface area contributed by atoms with Crippen LogP contribution in [-0.4, -0.2) is 6.29 Å². The Bertz CT molecular complexity index is 2340. The van der Waals surface area contributed by atoms with Crippen molar-refractivity contribution in [1.29, 1.82) is 0 Å². The van der Waals surface area contributed by atoms with E-state index in [2.05, 4.69) is 146 Å². The first-order valence-corrected chi connectivity index (χ1v) is 17.7. The molecule has 7 rings (SSSR count). The third-order valence-electron chi connectivity index (χ3n) is 9.38. The fourth-order valence-electron chi connectivity index (χ4n) is 6.66. The van der Waals surface area contributed by atoms with Gasteiger partial charge in [-0.05, 0) is 154 Å². The summed E-state index contributed by atoms with van der Waals surface area (Å²) in [7, 11) is 0. The van der Waals surface area contributed by atoms with Gasteiger partial charge in [0.2, 0.25) is 0 Å². The minimum atomic E-state index is 0.496. The van der Waals surface area contributed by atoms with Crippen molar-refractivity contribution in [3.8, 4) is 67.1 Å². The minimum absolute atomic E-state index is 0.496. The molecule has 0 spiro atoms. The minimum Gasteiger partial charge on any atom is -0.456 e. The van der Waals surface area contributed by atoms with Crippen LogP contribution in [-0.2, 0) is 0 Å². The molecule has 252 valence electrons. The summed E-state index contributed by atoms with van der Waals surface area (Å²) in [6.45, 7) is 6.13. The van der Waals surface area contributed by atoms with Crippen LogP contribution >= 0.6 is 0 Å². The molecule has 0 aliphatic rings. The van der Waals surface area contributed by atoms with E-state index >= 15 is 0 Å². The highest BCUT2D eigenvalue weighted by Crippen LogP contribution is 2.38. The molecule has 0 heterocycles. The molecule has 0 N–H and O–H groups in total. The first kappa shape index (κ1) is 34.0. The van der Waals surface area contributed by atoms with E-state index in [1.165, 1.54) is 11.1 Å². The fourth-order valence-corrected chi connectivity index (χ4v) is 6.66. The van der Waals surface area contributed by atoms with Gasteiger partial charge in [-0.3, -0.25) is 4.79 Å². The molecule has 2 nitrogen and oxygen atoms in total. The average Bonchev–Trinajstić information content (AvgIpc) is 3.21. The van der Waals surface area contributed by atoms with E-state index in [4.69, 9.17) is 4.74 Å². The fraction of sp³-hybridized carbons (Fsp3) is 0.0600. The van der Waals surface area contributed by atoms with Crippen LogP contribution in [0.1, 0.15) is 35.3 Å². The molecule has 0 unspecified atom stereocenters. The van der Waals surface area contributed by atoms with Gasteiger partial charge in [-0.2, -0.15) is 0 Å². The number of carbonyl (C=O) groups is 1. The summed E-state index contributed by atoms with van der Waals surface area (Å²) in [5.41, 5.74) is 14.9. The largest absolute Gasteiger partial charge is 0.456 e. The molecular formula is C50H40O2. The van der Waals surface area contributed by atoms with Gasteiger partial charge in [0.1, 0.15) is 11.5 Å². The van der Waals surface area contributed by atoms with Crippen molar-refractivity contribution < 1.29 is 9.53 Å². The van der Waals surface area contributed by atoms with Crippen molar-refractivity contribution >= 4 is 11.9 Å². The third-order valence-corrected chi connectivity index (χ3v) is 9.38. The molecule has 2 heteroatoms. The number of rotatable bonds is 10. The van der Waals surface area contributed by atoms with Crippen molar-refractivity contribution in [2.45, 2.75) is 20.8 Å². The van der Waals surface area contributed by atoms with Crippen LogP contribution < -0.4 is 4.74 Å². The Morgan fingerprint density at radius 3 is 1.37 bits per heavy atom. The molecule has 0 saturated heterocycles. The Hall–Kier alpha value is -6.51. The summed E-state index contributed by atoms with van der Waals surface area (Å²) in [4.78, 5) is 12.5. The molecule has 0 atom stereocenters. The normalized spacial score (nSPS) is 11.5. The Morgan fingerprint density at radius 2 is 0.904 bits per heavy atom. The summed E-state index contributed by atoms with van der Waals surface area (Å²) < 4.78 is 6.45. The van der Waals surface area contributed by atoms with Crippen LogP contribution in [0.15, 0.2) is 182 Å². The predicted octanol–water partition coefficient (Wildman–Crippen LogP) is 13.9. The standard InChI is InChI=1S/C50H40O2/c1-4-15-36(5-2)42-28-43(37-16-9-6-10-17-37)33-47(29-42)41-23-25-50(48(27-41)34-51)52-49-24-22-40(26-35(49)3)46-31-44(38-18-11-7-12-19-38)30-45(32-46)39-20-13-8-14-21-39/h4-34H,1-3H3/b15-4-,36-5+. The second-order valence-corrected chi connectivity index (χ2v) is 12.9. The molecule has 7 aromatic rings. The molecule has 0 bridgehead atoms.